The van der Waals surface area contributed by atoms with Crippen LogP contribution in [0.15, 0.2) is 96.2 Å². The van der Waals surface area contributed by atoms with E-state index in [9.17, 15) is 14.0 Å². The first-order chi connectivity index (χ1) is 16.5. The van der Waals surface area contributed by atoms with Crippen LogP contribution >= 0.6 is 11.6 Å². The second kappa shape index (κ2) is 10.6. The van der Waals surface area contributed by atoms with E-state index in [1.54, 1.807) is 36.7 Å². The van der Waals surface area contributed by atoms with E-state index < -0.39 is 11.7 Å². The van der Waals surface area contributed by atoms with Crippen LogP contribution in [0.1, 0.15) is 11.1 Å². The molecule has 0 aliphatic rings. The van der Waals surface area contributed by atoms with Gasteiger partial charge in [0.15, 0.2) is 11.6 Å². The number of anilines is 1. The van der Waals surface area contributed by atoms with E-state index in [2.05, 4.69) is 10.3 Å². The highest BCUT2D eigenvalue weighted by molar-refractivity contribution is 6.31. The molecule has 0 bridgehead atoms. The molecule has 1 N–H and O–H groups in total. The lowest BCUT2D eigenvalue weighted by Crippen LogP contribution is -2.20. The predicted molar refractivity (Wildman–Crippen MR) is 130 cm³/mol. The van der Waals surface area contributed by atoms with E-state index in [0.717, 1.165) is 5.56 Å². The molecule has 8 heteroatoms. The number of amides is 1. The van der Waals surface area contributed by atoms with Gasteiger partial charge in [0.25, 0.3) is 5.56 Å². The summed E-state index contributed by atoms with van der Waals surface area (Å²) in [5.41, 5.74) is 1.48. The Labute approximate surface area is 199 Å². The molecule has 2 aromatic heterocycles. The maximum absolute atomic E-state index is 14.4. The number of hydrogen-bond donors (Lipinski definition) is 1. The number of ether oxygens (including phenoxy) is 1. The molecule has 2 aromatic carbocycles. The molecule has 0 saturated carbocycles. The molecule has 1 amide bonds. The second-order valence-electron chi connectivity index (χ2n) is 7.28. The van der Waals surface area contributed by atoms with Crippen LogP contribution in [0.3, 0.4) is 0 Å². The summed E-state index contributed by atoms with van der Waals surface area (Å²) in [6.07, 6.45) is 7.37. The van der Waals surface area contributed by atoms with Crippen LogP contribution in [0.5, 0.6) is 11.5 Å². The molecule has 0 unspecified atom stereocenters. The normalized spacial score (nSPS) is 10.9. The van der Waals surface area contributed by atoms with E-state index in [1.807, 2.05) is 18.2 Å². The number of pyridine rings is 2. The third kappa shape index (κ3) is 5.96. The van der Waals surface area contributed by atoms with Crippen molar-refractivity contribution >= 4 is 29.3 Å². The van der Waals surface area contributed by atoms with Crippen molar-refractivity contribution in [2.75, 3.05) is 5.32 Å². The topological polar surface area (TPSA) is 73.2 Å². The summed E-state index contributed by atoms with van der Waals surface area (Å²) < 4.78 is 21.3. The van der Waals surface area contributed by atoms with Gasteiger partial charge < -0.3 is 14.6 Å². The predicted octanol–water partition coefficient (Wildman–Crippen LogP) is 5.53. The molecule has 6 nitrogen and oxygen atoms in total. The molecule has 0 saturated heterocycles. The lowest BCUT2D eigenvalue weighted by molar-refractivity contribution is -0.111. The van der Waals surface area contributed by atoms with Crippen molar-refractivity contribution in [2.24, 2.45) is 0 Å². The number of rotatable bonds is 7. The Morgan fingerprint density at radius 3 is 2.74 bits per heavy atom. The van der Waals surface area contributed by atoms with Gasteiger partial charge in [-0.3, -0.25) is 14.6 Å². The van der Waals surface area contributed by atoms with Crippen molar-refractivity contribution in [3.8, 4) is 11.5 Å². The summed E-state index contributed by atoms with van der Waals surface area (Å²) in [4.78, 5) is 28.5. The average Bonchev–Trinajstić information content (AvgIpc) is 2.83. The van der Waals surface area contributed by atoms with Crippen molar-refractivity contribution < 1.29 is 13.9 Å². The number of nitrogens with one attached hydrogen (secondary N) is 1. The average molecular weight is 476 g/mol. The molecule has 4 aromatic rings. The van der Waals surface area contributed by atoms with E-state index >= 15 is 0 Å². The van der Waals surface area contributed by atoms with E-state index in [1.165, 1.54) is 47.2 Å². The maximum Gasteiger partial charge on any atom is 0.250 e. The van der Waals surface area contributed by atoms with Crippen LogP contribution in [-0.2, 0) is 11.3 Å². The van der Waals surface area contributed by atoms with Gasteiger partial charge in [-0.1, -0.05) is 35.9 Å². The number of nitrogens with zero attached hydrogens (tertiary/aromatic N) is 2. The highest BCUT2D eigenvalue weighted by atomic mass is 35.5. The summed E-state index contributed by atoms with van der Waals surface area (Å²) in [6.45, 7) is 0.269. The summed E-state index contributed by atoms with van der Waals surface area (Å²) in [5.74, 6) is -0.535. The fourth-order valence-corrected chi connectivity index (χ4v) is 3.33. The molecule has 4 rings (SSSR count). The zero-order valence-corrected chi connectivity index (χ0v) is 18.6. The highest BCUT2D eigenvalue weighted by Gasteiger charge is 2.07. The summed E-state index contributed by atoms with van der Waals surface area (Å²) >= 11 is 6.18. The van der Waals surface area contributed by atoms with E-state index in [4.69, 9.17) is 16.3 Å². The van der Waals surface area contributed by atoms with Crippen LogP contribution in [0, 0.1) is 5.82 Å². The smallest absolute Gasteiger partial charge is 0.250 e. The summed E-state index contributed by atoms with van der Waals surface area (Å²) in [7, 11) is 0. The number of halogens is 2. The first kappa shape index (κ1) is 22.9. The molecule has 0 aliphatic carbocycles. The van der Waals surface area contributed by atoms with Crippen LogP contribution in [0.2, 0.25) is 5.02 Å². The van der Waals surface area contributed by atoms with Gasteiger partial charge in [-0.2, -0.15) is 0 Å². The SMILES string of the molecule is O=C(/C=C/c1ccc(Oc2cccnc2)c(F)c1)Nc1ccc(=O)n(Cc2ccccc2Cl)c1. The van der Waals surface area contributed by atoms with Crippen LogP contribution in [-0.4, -0.2) is 15.5 Å². The Morgan fingerprint density at radius 2 is 1.97 bits per heavy atom. The zero-order valence-electron chi connectivity index (χ0n) is 17.8. The highest BCUT2D eigenvalue weighted by Crippen LogP contribution is 2.25. The monoisotopic (exact) mass is 475 g/mol. The molecule has 0 aliphatic heterocycles. The van der Waals surface area contributed by atoms with Gasteiger partial charge in [-0.05, 0) is 53.6 Å². The zero-order chi connectivity index (χ0) is 23.9. The molecule has 0 spiro atoms. The van der Waals surface area contributed by atoms with Crippen molar-refractivity contribution in [3.63, 3.8) is 0 Å². The van der Waals surface area contributed by atoms with Crippen molar-refractivity contribution in [2.45, 2.75) is 6.54 Å². The molecule has 0 fully saturated rings. The third-order valence-corrected chi connectivity index (χ3v) is 5.16. The van der Waals surface area contributed by atoms with Gasteiger partial charge >= 0.3 is 0 Å². The lowest BCUT2D eigenvalue weighted by Gasteiger charge is -2.10. The van der Waals surface area contributed by atoms with Gasteiger partial charge in [0.1, 0.15) is 5.75 Å². The number of benzene rings is 2. The first-order valence-electron chi connectivity index (χ1n) is 10.3. The van der Waals surface area contributed by atoms with Gasteiger partial charge in [0.05, 0.1) is 18.4 Å². The lowest BCUT2D eigenvalue weighted by atomic mass is 10.2. The van der Waals surface area contributed by atoms with Gasteiger partial charge in [0.2, 0.25) is 5.91 Å². The first-order valence-corrected chi connectivity index (χ1v) is 10.7. The number of carbonyl (C=O) groups excluding carboxylic acids is 1. The number of carbonyl (C=O) groups is 1. The maximum atomic E-state index is 14.4. The third-order valence-electron chi connectivity index (χ3n) is 4.79. The van der Waals surface area contributed by atoms with Crippen molar-refractivity contribution in [1.29, 1.82) is 0 Å². The van der Waals surface area contributed by atoms with Crippen LogP contribution in [0.25, 0.3) is 6.08 Å². The second-order valence-corrected chi connectivity index (χ2v) is 7.69. The quantitative estimate of drug-likeness (QED) is 0.357. The molecule has 170 valence electrons. The minimum atomic E-state index is -0.571. The Hall–Kier alpha value is -4.23. The molecule has 0 atom stereocenters. The van der Waals surface area contributed by atoms with Crippen molar-refractivity contribution in [3.05, 3.63) is 124 Å². The minimum absolute atomic E-state index is 0.0513. The largest absolute Gasteiger partial charge is 0.453 e. The van der Waals surface area contributed by atoms with Gasteiger partial charge in [0, 0.05) is 29.6 Å². The molecule has 2 heterocycles. The summed E-state index contributed by atoms with van der Waals surface area (Å²) in [6, 6.07) is 17.8. The minimum Gasteiger partial charge on any atom is -0.453 e. The van der Waals surface area contributed by atoms with E-state index in [-0.39, 0.29) is 17.9 Å². The molecular formula is C26H19ClFN3O3. The Bertz CT molecular complexity index is 1400. The standard InChI is InChI=1S/C26H19ClFN3O3/c27-22-6-2-1-4-19(22)16-31-17-20(9-12-26(31)33)30-25(32)11-8-18-7-10-24(23(28)14-18)34-21-5-3-13-29-15-21/h1-15,17H,16H2,(H,30,32)/b11-8+. The van der Waals surface area contributed by atoms with Crippen LogP contribution < -0.4 is 15.6 Å². The molecule has 34 heavy (non-hydrogen) atoms. The van der Waals surface area contributed by atoms with Crippen LogP contribution in [0.4, 0.5) is 10.1 Å². The summed E-state index contributed by atoms with van der Waals surface area (Å²) in [5, 5.41) is 3.25. The van der Waals surface area contributed by atoms with Gasteiger partial charge in [-0.15, -0.1) is 0 Å². The molecular weight excluding hydrogens is 457 g/mol. The van der Waals surface area contributed by atoms with Crippen molar-refractivity contribution in [1.82, 2.24) is 9.55 Å². The Balaban J connectivity index is 1.41. The molecule has 0 radical (unpaired) electrons. The number of aromatic nitrogens is 2. The number of hydrogen-bond acceptors (Lipinski definition) is 4. The fourth-order valence-electron chi connectivity index (χ4n) is 3.13. The van der Waals surface area contributed by atoms with Gasteiger partial charge in [-0.25, -0.2) is 4.39 Å². The Kier molecular flexibility index (Phi) is 7.15. The Morgan fingerprint density at radius 1 is 1.12 bits per heavy atom. The van der Waals surface area contributed by atoms with E-state index in [0.29, 0.717) is 22.0 Å². The fraction of sp³-hybridized carbons (Fsp3) is 0.0385.